The quantitative estimate of drug-likeness (QED) is 0.418. The zero-order chi connectivity index (χ0) is 21.5. The Morgan fingerprint density at radius 3 is 2.91 bits per heavy atom. The number of H-pyrrole nitrogens is 1. The van der Waals surface area contributed by atoms with E-state index in [2.05, 4.69) is 47.6 Å². The zero-order valence-corrected chi connectivity index (χ0v) is 18.6. The van der Waals surface area contributed by atoms with Crippen molar-refractivity contribution in [2.45, 2.75) is 19.4 Å². The molecule has 0 amide bonds. The summed E-state index contributed by atoms with van der Waals surface area (Å²) in [6, 6.07) is 8.27. The molecule has 32 heavy (non-hydrogen) atoms. The van der Waals surface area contributed by atoms with E-state index in [4.69, 9.17) is 9.72 Å². The first-order valence-electron chi connectivity index (χ1n) is 10.8. The maximum Gasteiger partial charge on any atom is 0.159 e. The van der Waals surface area contributed by atoms with Crippen LogP contribution in [0, 0.1) is 0 Å². The molecule has 0 atom stereocenters. The Kier molecular flexibility index (Phi) is 4.84. The number of ether oxygens (including phenoxy) is 1. The van der Waals surface area contributed by atoms with Gasteiger partial charge in [0.25, 0.3) is 0 Å². The largest absolute Gasteiger partial charge is 0.383 e. The number of anilines is 1. The Balaban J connectivity index is 1.45. The van der Waals surface area contributed by atoms with Crippen molar-refractivity contribution in [3.05, 3.63) is 42.2 Å². The van der Waals surface area contributed by atoms with E-state index >= 15 is 0 Å². The molecule has 6 rings (SSSR count). The maximum atomic E-state index is 5.39. The molecule has 0 unspecified atom stereocenters. The van der Waals surface area contributed by atoms with Gasteiger partial charge in [0, 0.05) is 38.5 Å². The molecule has 8 nitrogen and oxygen atoms in total. The molecule has 1 aliphatic heterocycles. The third kappa shape index (κ3) is 3.25. The van der Waals surface area contributed by atoms with Gasteiger partial charge >= 0.3 is 0 Å². The molecule has 1 aliphatic rings. The molecule has 0 saturated carbocycles. The van der Waals surface area contributed by atoms with Crippen LogP contribution in [0.15, 0.2) is 42.2 Å². The first kappa shape index (κ1) is 19.4. The molecule has 4 aromatic heterocycles. The van der Waals surface area contributed by atoms with E-state index in [1.165, 1.54) is 17.5 Å². The average Bonchev–Trinajstić information content (AvgIpc) is 3.62. The van der Waals surface area contributed by atoms with Gasteiger partial charge in [0.05, 0.1) is 34.0 Å². The highest BCUT2D eigenvalue weighted by Crippen LogP contribution is 2.32. The molecule has 9 heteroatoms. The SMILES string of the molecule is COCCn1c(-c2cnc(-c3ccc4scnc4c3)[nH]2)nc2c(N3CCCC3)nccc21. The van der Waals surface area contributed by atoms with Crippen LogP contribution < -0.4 is 4.90 Å². The fourth-order valence-electron chi connectivity index (χ4n) is 4.40. The lowest BCUT2D eigenvalue weighted by molar-refractivity contribution is 0.188. The molecule has 5 aromatic rings. The summed E-state index contributed by atoms with van der Waals surface area (Å²) in [5.41, 5.74) is 6.73. The van der Waals surface area contributed by atoms with Crippen molar-refractivity contribution in [2.75, 3.05) is 31.7 Å². The van der Waals surface area contributed by atoms with Gasteiger partial charge in [0.15, 0.2) is 11.6 Å². The lowest BCUT2D eigenvalue weighted by atomic mass is 10.2. The predicted molar refractivity (Wildman–Crippen MR) is 127 cm³/mol. The van der Waals surface area contributed by atoms with Gasteiger partial charge in [-0.2, -0.15) is 0 Å². The third-order valence-electron chi connectivity index (χ3n) is 5.99. The first-order chi connectivity index (χ1) is 15.8. The van der Waals surface area contributed by atoms with Crippen LogP contribution in [0.5, 0.6) is 0 Å². The molecule has 1 saturated heterocycles. The van der Waals surface area contributed by atoms with Crippen LogP contribution in [0.2, 0.25) is 0 Å². The van der Waals surface area contributed by atoms with E-state index in [1.807, 2.05) is 24.0 Å². The van der Waals surface area contributed by atoms with Crippen molar-refractivity contribution in [3.8, 4) is 22.9 Å². The van der Waals surface area contributed by atoms with Gasteiger partial charge in [-0.3, -0.25) is 0 Å². The van der Waals surface area contributed by atoms with Crippen LogP contribution in [0.4, 0.5) is 5.82 Å². The fourth-order valence-corrected chi connectivity index (χ4v) is 5.06. The summed E-state index contributed by atoms with van der Waals surface area (Å²) in [6.07, 6.45) is 6.13. The topological polar surface area (TPSA) is 84.8 Å². The van der Waals surface area contributed by atoms with E-state index in [0.717, 1.165) is 58.4 Å². The molecule has 1 aromatic carbocycles. The molecule has 0 spiro atoms. The summed E-state index contributed by atoms with van der Waals surface area (Å²) in [6.45, 7) is 3.35. The molecule has 162 valence electrons. The fraction of sp³-hybridized carbons (Fsp3) is 0.304. The summed E-state index contributed by atoms with van der Waals surface area (Å²) in [7, 11) is 1.72. The summed E-state index contributed by atoms with van der Waals surface area (Å²) >= 11 is 1.64. The number of methoxy groups -OCH3 is 1. The van der Waals surface area contributed by atoms with Crippen LogP contribution in [0.1, 0.15) is 12.8 Å². The minimum atomic E-state index is 0.599. The summed E-state index contributed by atoms with van der Waals surface area (Å²) in [5.74, 6) is 2.61. The molecule has 1 N–H and O–H groups in total. The van der Waals surface area contributed by atoms with Crippen LogP contribution in [0.3, 0.4) is 0 Å². The Hall–Kier alpha value is -3.30. The number of benzene rings is 1. The minimum Gasteiger partial charge on any atom is -0.383 e. The number of rotatable bonds is 6. The van der Waals surface area contributed by atoms with Crippen molar-refractivity contribution in [1.82, 2.24) is 29.5 Å². The number of nitrogens with zero attached hydrogens (tertiary/aromatic N) is 6. The number of pyridine rings is 1. The number of hydrogen-bond donors (Lipinski definition) is 1. The van der Waals surface area contributed by atoms with E-state index in [9.17, 15) is 0 Å². The highest BCUT2D eigenvalue weighted by Gasteiger charge is 2.22. The average molecular weight is 446 g/mol. The van der Waals surface area contributed by atoms with Gasteiger partial charge in [0.1, 0.15) is 17.0 Å². The number of nitrogens with one attached hydrogen (secondary N) is 1. The zero-order valence-electron chi connectivity index (χ0n) is 17.8. The molecular weight excluding hydrogens is 422 g/mol. The first-order valence-corrected chi connectivity index (χ1v) is 11.7. The molecular formula is C23H23N7OS. The van der Waals surface area contributed by atoms with E-state index in [0.29, 0.717) is 13.2 Å². The molecule has 0 aliphatic carbocycles. The van der Waals surface area contributed by atoms with Gasteiger partial charge in [0.2, 0.25) is 0 Å². The van der Waals surface area contributed by atoms with Gasteiger partial charge in [-0.15, -0.1) is 11.3 Å². The second-order valence-electron chi connectivity index (χ2n) is 7.96. The molecule has 0 radical (unpaired) electrons. The smallest absolute Gasteiger partial charge is 0.159 e. The van der Waals surface area contributed by atoms with Crippen molar-refractivity contribution in [2.24, 2.45) is 0 Å². The lowest BCUT2D eigenvalue weighted by Gasteiger charge is -2.16. The number of hydrogen-bond acceptors (Lipinski definition) is 7. The molecule has 1 fully saturated rings. The highest BCUT2D eigenvalue weighted by molar-refractivity contribution is 7.16. The van der Waals surface area contributed by atoms with Crippen molar-refractivity contribution in [3.63, 3.8) is 0 Å². The van der Waals surface area contributed by atoms with E-state index < -0.39 is 0 Å². The lowest BCUT2D eigenvalue weighted by Crippen LogP contribution is -2.19. The van der Waals surface area contributed by atoms with Gasteiger partial charge in [-0.25, -0.2) is 19.9 Å². The van der Waals surface area contributed by atoms with Gasteiger partial charge in [-0.05, 0) is 37.1 Å². The number of thiazole rings is 1. The number of imidazole rings is 2. The molecule has 0 bridgehead atoms. The summed E-state index contributed by atoms with van der Waals surface area (Å²) in [5, 5.41) is 0. The number of aromatic nitrogens is 6. The Morgan fingerprint density at radius 1 is 1.12 bits per heavy atom. The highest BCUT2D eigenvalue weighted by atomic mass is 32.1. The van der Waals surface area contributed by atoms with Crippen molar-refractivity contribution in [1.29, 1.82) is 0 Å². The minimum absolute atomic E-state index is 0.599. The summed E-state index contributed by atoms with van der Waals surface area (Å²) in [4.78, 5) is 24.6. The van der Waals surface area contributed by atoms with Crippen LogP contribution in [-0.4, -0.2) is 56.3 Å². The maximum absolute atomic E-state index is 5.39. The third-order valence-corrected chi connectivity index (χ3v) is 6.80. The van der Waals surface area contributed by atoms with Crippen molar-refractivity contribution < 1.29 is 4.74 Å². The van der Waals surface area contributed by atoms with Crippen LogP contribution in [-0.2, 0) is 11.3 Å². The van der Waals surface area contributed by atoms with Gasteiger partial charge in [-0.1, -0.05) is 0 Å². The standard InChI is InChI=1S/C23H23N7OS/c1-31-11-10-30-18-6-7-24-23(29-8-2-3-9-29)20(18)28-22(30)17-13-25-21(27-17)15-4-5-19-16(12-15)26-14-32-19/h4-7,12-14H,2-3,8-11H2,1H3,(H,25,27). The Bertz CT molecular complexity index is 1400. The second-order valence-corrected chi connectivity index (χ2v) is 8.84. The normalized spacial score (nSPS) is 14.2. The monoisotopic (exact) mass is 445 g/mol. The van der Waals surface area contributed by atoms with E-state index in [1.54, 1.807) is 18.4 Å². The summed E-state index contributed by atoms with van der Waals surface area (Å²) < 4.78 is 8.75. The second kappa shape index (κ2) is 7.99. The number of aromatic amines is 1. The predicted octanol–water partition coefficient (Wildman–Crippen LogP) is 4.34. The van der Waals surface area contributed by atoms with Gasteiger partial charge < -0.3 is 19.2 Å². The van der Waals surface area contributed by atoms with E-state index in [-0.39, 0.29) is 0 Å². The Labute approximate surface area is 188 Å². The van der Waals surface area contributed by atoms with Crippen molar-refractivity contribution >= 4 is 38.4 Å². The number of fused-ring (bicyclic) bond motifs is 2. The Morgan fingerprint density at radius 2 is 2.03 bits per heavy atom. The van der Waals surface area contributed by atoms with Crippen LogP contribution >= 0.6 is 11.3 Å². The van der Waals surface area contributed by atoms with Crippen LogP contribution in [0.25, 0.3) is 44.2 Å². The molecule has 5 heterocycles.